The fourth-order valence-corrected chi connectivity index (χ4v) is 13.6. The molecule has 0 nitrogen and oxygen atoms in total. The largest absolute Gasteiger partial charge is 0.0625 e. The highest BCUT2D eigenvalue weighted by atomic mass is 14.7. The SMILES string of the molecule is Cc1ccc2c3c(ccc2c1)-c1c(ccc2c1C(C)(C)C1=C2Cc2ccccc21)C31C(C2CCCCC2)C(C(C)C)C1C1CCCCC1. The molecule has 0 bridgehead atoms. The Bertz CT molecular complexity index is 1980. The topological polar surface area (TPSA) is 0 Å². The van der Waals surface area contributed by atoms with Crippen molar-refractivity contribution in [2.45, 2.75) is 116 Å². The second-order valence-corrected chi connectivity index (χ2v) is 18.0. The van der Waals surface area contributed by atoms with Crippen LogP contribution in [-0.2, 0) is 17.3 Å². The van der Waals surface area contributed by atoms with Crippen LogP contribution in [-0.4, -0.2) is 0 Å². The second kappa shape index (κ2) is 10.4. The monoisotopic (exact) mass is 630 g/mol. The molecule has 4 aromatic rings. The van der Waals surface area contributed by atoms with E-state index in [9.17, 15) is 0 Å². The van der Waals surface area contributed by atoms with E-state index in [0.717, 1.165) is 41.9 Å². The average Bonchev–Trinajstić information content (AvgIpc) is 3.70. The van der Waals surface area contributed by atoms with Gasteiger partial charge in [-0.15, -0.1) is 0 Å². The van der Waals surface area contributed by atoms with E-state index in [1.807, 2.05) is 0 Å². The van der Waals surface area contributed by atoms with E-state index in [0.29, 0.717) is 0 Å². The second-order valence-electron chi connectivity index (χ2n) is 18.0. The first-order chi connectivity index (χ1) is 23.3. The molecule has 6 aliphatic carbocycles. The van der Waals surface area contributed by atoms with E-state index in [1.165, 1.54) is 86.3 Å². The van der Waals surface area contributed by atoms with Gasteiger partial charge in [-0.1, -0.05) is 164 Å². The minimum absolute atomic E-state index is 0.0183. The van der Waals surface area contributed by atoms with Crippen LogP contribution >= 0.6 is 0 Å². The van der Waals surface area contributed by atoms with Crippen molar-refractivity contribution in [2.24, 2.45) is 35.5 Å². The molecule has 10 rings (SSSR count). The van der Waals surface area contributed by atoms with Gasteiger partial charge in [0.1, 0.15) is 0 Å². The van der Waals surface area contributed by atoms with Gasteiger partial charge in [-0.25, -0.2) is 0 Å². The molecule has 1 spiro atoms. The van der Waals surface area contributed by atoms with Gasteiger partial charge in [0.25, 0.3) is 0 Å². The highest BCUT2D eigenvalue weighted by Crippen LogP contribution is 2.76. The van der Waals surface area contributed by atoms with Crippen molar-refractivity contribution in [1.82, 2.24) is 0 Å². The van der Waals surface area contributed by atoms with Crippen molar-refractivity contribution in [2.75, 3.05) is 0 Å². The number of benzene rings is 4. The quantitative estimate of drug-likeness (QED) is 0.211. The summed E-state index contributed by atoms with van der Waals surface area (Å²) in [4.78, 5) is 0. The van der Waals surface area contributed by atoms with Crippen LogP contribution in [0.25, 0.3) is 33.0 Å². The van der Waals surface area contributed by atoms with Gasteiger partial charge in [0.2, 0.25) is 0 Å². The van der Waals surface area contributed by atoms with E-state index in [2.05, 4.69) is 101 Å². The van der Waals surface area contributed by atoms with Crippen LogP contribution in [0.1, 0.15) is 131 Å². The van der Waals surface area contributed by atoms with E-state index < -0.39 is 0 Å². The lowest BCUT2D eigenvalue weighted by Gasteiger charge is -2.68. The Balaban J connectivity index is 1.30. The van der Waals surface area contributed by atoms with Gasteiger partial charge in [0.15, 0.2) is 0 Å². The van der Waals surface area contributed by atoms with Gasteiger partial charge in [0.05, 0.1) is 0 Å². The van der Waals surface area contributed by atoms with Gasteiger partial charge in [-0.3, -0.25) is 0 Å². The molecular weight excluding hydrogens is 577 g/mol. The van der Waals surface area contributed by atoms with Crippen molar-refractivity contribution in [3.05, 3.63) is 106 Å². The van der Waals surface area contributed by atoms with E-state index >= 15 is 0 Å². The number of fused-ring (bicyclic) bond motifs is 12. The molecule has 3 fully saturated rings. The van der Waals surface area contributed by atoms with Gasteiger partial charge in [-0.2, -0.15) is 0 Å². The van der Waals surface area contributed by atoms with E-state index in [-0.39, 0.29) is 10.8 Å². The lowest BCUT2D eigenvalue weighted by Crippen LogP contribution is -2.66. The van der Waals surface area contributed by atoms with Gasteiger partial charge in [0, 0.05) is 10.8 Å². The molecule has 0 radical (unpaired) electrons. The summed E-state index contributed by atoms with van der Waals surface area (Å²) in [6.07, 6.45) is 15.4. The molecule has 0 aliphatic heterocycles. The lowest BCUT2D eigenvalue weighted by atomic mass is 9.35. The minimum atomic E-state index is -0.0183. The van der Waals surface area contributed by atoms with Crippen LogP contribution in [0, 0.1) is 42.4 Å². The van der Waals surface area contributed by atoms with Gasteiger partial charge < -0.3 is 0 Å². The maximum Gasteiger partial charge on any atom is 0.0288 e. The fourth-order valence-electron chi connectivity index (χ4n) is 13.6. The molecule has 246 valence electrons. The van der Waals surface area contributed by atoms with Crippen LogP contribution in [0.3, 0.4) is 0 Å². The summed E-state index contributed by atoms with van der Waals surface area (Å²) in [7, 11) is 0. The molecule has 0 heteroatoms. The van der Waals surface area contributed by atoms with Crippen molar-refractivity contribution in [3.8, 4) is 11.1 Å². The third-order valence-electron chi connectivity index (χ3n) is 15.0. The van der Waals surface area contributed by atoms with Crippen molar-refractivity contribution < 1.29 is 0 Å². The molecule has 0 amide bonds. The predicted octanol–water partition coefficient (Wildman–Crippen LogP) is 12.9. The summed E-state index contributed by atoms with van der Waals surface area (Å²) in [5.74, 6) is 4.68. The van der Waals surface area contributed by atoms with Crippen LogP contribution in [0.15, 0.2) is 66.7 Å². The molecule has 0 heterocycles. The molecule has 4 aromatic carbocycles. The molecule has 48 heavy (non-hydrogen) atoms. The maximum atomic E-state index is 2.73. The Morgan fingerprint density at radius 3 is 2.02 bits per heavy atom. The molecule has 0 saturated heterocycles. The van der Waals surface area contributed by atoms with Crippen molar-refractivity contribution >= 4 is 21.9 Å². The van der Waals surface area contributed by atoms with Crippen molar-refractivity contribution in [3.63, 3.8) is 0 Å². The van der Waals surface area contributed by atoms with E-state index in [1.54, 1.807) is 49.9 Å². The number of hydrogen-bond donors (Lipinski definition) is 0. The zero-order valence-electron chi connectivity index (χ0n) is 30.1. The molecule has 0 N–H and O–H groups in total. The molecule has 0 aromatic heterocycles. The van der Waals surface area contributed by atoms with Gasteiger partial charge in [-0.05, 0) is 115 Å². The first-order valence-electron chi connectivity index (χ1n) is 19.9. The van der Waals surface area contributed by atoms with Crippen LogP contribution in [0.2, 0.25) is 0 Å². The third kappa shape index (κ3) is 3.68. The summed E-state index contributed by atoms with van der Waals surface area (Å²) in [5.41, 5.74) is 17.7. The van der Waals surface area contributed by atoms with Crippen LogP contribution in [0.4, 0.5) is 0 Å². The zero-order chi connectivity index (χ0) is 32.5. The highest BCUT2D eigenvalue weighted by Gasteiger charge is 2.70. The zero-order valence-corrected chi connectivity index (χ0v) is 30.1. The third-order valence-corrected chi connectivity index (χ3v) is 15.0. The molecular formula is C48H54. The lowest BCUT2D eigenvalue weighted by molar-refractivity contribution is -0.130. The maximum absolute atomic E-state index is 2.73. The standard InChI is InChI=1S/C48H54/c1-28(2)40-42(30-14-8-6-9-15-30)48(43(40)31-16-10-7-11-17-31)39-25-24-36-38-27-32-18-12-13-19-34(32)44(38)47(4,5)46(36)41(39)37-23-21-33-26-29(3)20-22-35(33)45(37)48/h12-13,18-26,28,30-31,40,42-43H,6-11,14-17,27H2,1-5H3. The Labute approximate surface area is 289 Å². The Morgan fingerprint density at radius 1 is 0.667 bits per heavy atom. The summed E-state index contributed by atoms with van der Waals surface area (Å²) in [6, 6.07) is 27.2. The summed E-state index contributed by atoms with van der Waals surface area (Å²) in [5, 5.41) is 3.03. The Kier molecular flexibility index (Phi) is 6.48. The van der Waals surface area contributed by atoms with Crippen LogP contribution < -0.4 is 0 Å². The average molecular weight is 631 g/mol. The number of rotatable bonds is 3. The summed E-state index contributed by atoms with van der Waals surface area (Å²) < 4.78 is 0. The smallest absolute Gasteiger partial charge is 0.0288 e. The summed E-state index contributed by atoms with van der Waals surface area (Å²) >= 11 is 0. The Hall–Kier alpha value is -3.12. The first kappa shape index (κ1) is 29.8. The first-order valence-corrected chi connectivity index (χ1v) is 19.9. The van der Waals surface area contributed by atoms with Gasteiger partial charge >= 0.3 is 0 Å². The van der Waals surface area contributed by atoms with E-state index in [4.69, 9.17) is 0 Å². The Morgan fingerprint density at radius 2 is 1.33 bits per heavy atom. The molecule has 2 atom stereocenters. The van der Waals surface area contributed by atoms with Crippen LogP contribution in [0.5, 0.6) is 0 Å². The number of aryl methyl sites for hydroxylation is 1. The predicted molar refractivity (Wildman–Crippen MR) is 203 cm³/mol. The normalized spacial score (nSPS) is 28.8. The molecule has 3 saturated carbocycles. The number of hydrogen-bond acceptors (Lipinski definition) is 0. The highest BCUT2D eigenvalue weighted by molar-refractivity contribution is 6.10. The fraction of sp³-hybridized carbons (Fsp3) is 0.500. The molecule has 2 unspecified atom stereocenters. The minimum Gasteiger partial charge on any atom is -0.0625 e. The summed E-state index contributed by atoms with van der Waals surface area (Å²) in [6.45, 7) is 12.6. The van der Waals surface area contributed by atoms with Crippen molar-refractivity contribution in [1.29, 1.82) is 0 Å². The number of allylic oxidation sites excluding steroid dienone is 2. The molecule has 6 aliphatic rings.